The number of nitrogens with zero attached hydrogens (tertiary/aromatic N) is 4. The normalized spacial score (nSPS) is 11.8. The van der Waals surface area contributed by atoms with Crippen LogP contribution >= 0.6 is 23.2 Å². The number of nitrogens with two attached hydrogens (primary N) is 1. The van der Waals surface area contributed by atoms with Gasteiger partial charge in [-0.3, -0.25) is 45.5 Å². The summed E-state index contributed by atoms with van der Waals surface area (Å²) in [5, 5.41) is 73.0. The van der Waals surface area contributed by atoms with E-state index in [-0.39, 0.29) is 44.3 Å². The van der Waals surface area contributed by atoms with Crippen molar-refractivity contribution in [2.24, 2.45) is 5.73 Å². The molecule has 12 N–H and O–H groups in total. The number of carbonyl (C=O) groups excluding carboxylic acids is 3. The number of nitro benzene ring substituents is 2. The van der Waals surface area contributed by atoms with Gasteiger partial charge >= 0.3 is 5.97 Å². The lowest BCUT2D eigenvalue weighted by atomic mass is 10.1. The van der Waals surface area contributed by atoms with Gasteiger partial charge in [-0.1, -0.05) is 23.2 Å². The summed E-state index contributed by atoms with van der Waals surface area (Å²) in [5.41, 5.74) is 12.0. The summed E-state index contributed by atoms with van der Waals surface area (Å²) in [5.74, 6) is -3.19. The molecule has 21 nitrogen and oxygen atoms in total. The second kappa shape index (κ2) is 23.9. The molecule has 0 spiro atoms. The number of rotatable bonds is 12. The van der Waals surface area contributed by atoms with Gasteiger partial charge in [0.1, 0.15) is 18.2 Å². The zero-order chi connectivity index (χ0) is 45.4. The number of aliphatic hydroxyl groups excluding tert-OH is 2. The number of amides is 3. The molecule has 4 aromatic rings. The van der Waals surface area contributed by atoms with E-state index >= 15 is 0 Å². The second-order valence-corrected chi connectivity index (χ2v) is 13.2. The molecule has 0 saturated heterocycles. The zero-order valence-corrected chi connectivity index (χ0v) is 34.2. The first kappa shape index (κ1) is 51.6. The smallest absolute Gasteiger partial charge is 0.328 e. The number of benzene rings is 4. The summed E-state index contributed by atoms with van der Waals surface area (Å²) < 4.78 is 0. The SMILES string of the molecule is Cc1c(N[C@@H](C(=O)NNC(=O)c2ccc([N+](=O)[O-])cc2)[C@H](C)O)ccc(C#N)c1Cl.Cc1c(N[C@@H](C(=O)O)[C@H](C)O)ccc(C#N)c1Cl.N.NC(=O)c1ccc([N+](=O)[O-])cc1. The van der Waals surface area contributed by atoms with E-state index < -0.39 is 57.8 Å². The standard InChI is InChI=1S/C19H18ClN5O5.C12H13ClN2O3.C7H6N2O3.H3N/c1-10-15(8-5-13(9-21)16(10)20)22-17(11(2)26)19(28)24-23-18(27)12-3-6-14(7-4-12)25(29)30;1-6-9(4-3-8(5-14)10(6)13)15-11(7(2)16)12(17)18;8-7(10)5-1-3-6(4-2-5)9(11)12;/h3-8,11,17,22,26H,1-2H3,(H,23,27)(H,24,28);3-4,7,11,15-16H,1-2H3,(H,17,18);1-4H,(H2,8,10);1H3/t11-,17+;7-,11+;;/m00../s1. The van der Waals surface area contributed by atoms with E-state index in [1.165, 1.54) is 62.4 Å². The highest BCUT2D eigenvalue weighted by atomic mass is 35.5. The van der Waals surface area contributed by atoms with Crippen molar-refractivity contribution in [1.82, 2.24) is 17.0 Å². The van der Waals surface area contributed by atoms with Crippen LogP contribution in [-0.2, 0) is 9.59 Å². The predicted octanol–water partition coefficient (Wildman–Crippen LogP) is 4.67. The lowest BCUT2D eigenvalue weighted by Gasteiger charge is -2.23. The number of aliphatic hydroxyl groups is 2. The molecule has 0 aromatic heterocycles. The van der Waals surface area contributed by atoms with Crippen molar-refractivity contribution >= 4 is 69.6 Å². The molecule has 4 atom stereocenters. The van der Waals surface area contributed by atoms with Crippen LogP contribution in [0.5, 0.6) is 0 Å². The third kappa shape index (κ3) is 14.7. The first-order chi connectivity index (χ1) is 28.1. The number of carbonyl (C=O) groups is 4. The number of hydrazine groups is 1. The van der Waals surface area contributed by atoms with Crippen LogP contribution in [0.2, 0.25) is 10.0 Å². The number of halogens is 2. The number of nitro groups is 2. The molecular weight excluding hydrogens is 843 g/mol. The fourth-order valence-electron chi connectivity index (χ4n) is 4.73. The minimum absolute atomic E-state index is 0. The van der Waals surface area contributed by atoms with Gasteiger partial charge in [-0.05, 0) is 87.4 Å². The number of anilines is 2. The summed E-state index contributed by atoms with van der Waals surface area (Å²) in [6, 6.07) is 17.6. The first-order valence-electron chi connectivity index (χ1n) is 17.0. The van der Waals surface area contributed by atoms with Crippen LogP contribution < -0.4 is 33.4 Å². The molecular formula is C38H40Cl2N10O11. The van der Waals surface area contributed by atoms with E-state index in [2.05, 4.69) is 21.5 Å². The Kier molecular flexibility index (Phi) is 20.2. The number of hydrogen-bond acceptors (Lipinski definition) is 15. The molecule has 3 amide bonds. The van der Waals surface area contributed by atoms with E-state index in [4.69, 9.17) is 44.6 Å². The molecule has 4 rings (SSSR count). The Balaban J connectivity index is 0.000000507. The van der Waals surface area contributed by atoms with E-state index in [0.29, 0.717) is 28.1 Å². The van der Waals surface area contributed by atoms with Gasteiger partial charge in [0.25, 0.3) is 23.2 Å². The van der Waals surface area contributed by atoms with Crippen molar-refractivity contribution in [1.29, 1.82) is 10.5 Å². The quantitative estimate of drug-likeness (QED) is 0.0689. The molecule has 0 radical (unpaired) electrons. The Hall–Kier alpha value is -7.40. The van der Waals surface area contributed by atoms with Crippen molar-refractivity contribution in [3.63, 3.8) is 0 Å². The van der Waals surface area contributed by atoms with Crippen molar-refractivity contribution in [2.45, 2.75) is 52.0 Å². The van der Waals surface area contributed by atoms with Crippen LogP contribution in [0.15, 0.2) is 72.8 Å². The Morgan fingerprint density at radius 1 is 0.689 bits per heavy atom. The maximum absolute atomic E-state index is 12.5. The second-order valence-electron chi connectivity index (χ2n) is 12.4. The van der Waals surface area contributed by atoms with E-state index in [0.717, 1.165) is 12.1 Å². The average Bonchev–Trinajstić information content (AvgIpc) is 3.21. The summed E-state index contributed by atoms with van der Waals surface area (Å²) >= 11 is 12.1. The molecule has 4 aromatic carbocycles. The Morgan fingerprint density at radius 3 is 1.39 bits per heavy atom. The van der Waals surface area contributed by atoms with Crippen molar-refractivity contribution in [2.75, 3.05) is 10.6 Å². The molecule has 0 saturated carbocycles. The fourth-order valence-corrected chi connectivity index (χ4v) is 5.15. The Labute approximate surface area is 357 Å². The third-order valence-electron chi connectivity index (χ3n) is 8.15. The fraction of sp³-hybridized carbons (Fsp3) is 0.211. The number of aliphatic carboxylic acids is 1. The Bertz CT molecular complexity index is 2300. The largest absolute Gasteiger partial charge is 0.480 e. The molecule has 23 heteroatoms. The number of primary amides is 1. The van der Waals surface area contributed by atoms with Gasteiger partial charge < -0.3 is 37.8 Å². The predicted molar refractivity (Wildman–Crippen MR) is 223 cm³/mol. The highest BCUT2D eigenvalue weighted by molar-refractivity contribution is 6.33. The van der Waals surface area contributed by atoms with Gasteiger partial charge in [0, 0.05) is 46.8 Å². The van der Waals surface area contributed by atoms with Crippen molar-refractivity contribution in [3.05, 3.63) is 136 Å². The molecule has 0 aliphatic rings. The lowest BCUT2D eigenvalue weighted by Crippen LogP contribution is -2.52. The summed E-state index contributed by atoms with van der Waals surface area (Å²) in [6.45, 7) is 6.09. The van der Waals surface area contributed by atoms with E-state index in [1.54, 1.807) is 26.0 Å². The van der Waals surface area contributed by atoms with Crippen molar-refractivity contribution in [3.8, 4) is 12.1 Å². The van der Waals surface area contributed by atoms with Gasteiger partial charge in [-0.2, -0.15) is 10.5 Å². The number of nitrogens with one attached hydrogen (secondary N) is 4. The maximum Gasteiger partial charge on any atom is 0.328 e. The number of non-ortho nitro benzene ring substituents is 2. The molecule has 322 valence electrons. The minimum atomic E-state index is -1.16. The number of carboxylic acids is 1. The highest BCUT2D eigenvalue weighted by Gasteiger charge is 2.26. The number of nitriles is 2. The molecule has 0 aliphatic carbocycles. The van der Waals surface area contributed by atoms with Crippen LogP contribution in [0.25, 0.3) is 0 Å². The van der Waals surface area contributed by atoms with Gasteiger partial charge in [-0.25, -0.2) is 4.79 Å². The number of hydrogen-bond donors (Lipinski definition) is 9. The minimum Gasteiger partial charge on any atom is -0.480 e. The van der Waals surface area contributed by atoms with Crippen LogP contribution in [0, 0.1) is 56.7 Å². The molecule has 0 unspecified atom stereocenters. The van der Waals surface area contributed by atoms with Crippen LogP contribution in [0.4, 0.5) is 22.7 Å². The van der Waals surface area contributed by atoms with Crippen molar-refractivity contribution < 1.29 is 44.3 Å². The average molecular weight is 884 g/mol. The van der Waals surface area contributed by atoms with Gasteiger partial charge in [-0.15, -0.1) is 0 Å². The third-order valence-corrected chi connectivity index (χ3v) is 9.13. The summed E-state index contributed by atoms with van der Waals surface area (Å²) in [4.78, 5) is 65.8. The first-order valence-corrected chi connectivity index (χ1v) is 17.8. The van der Waals surface area contributed by atoms with Crippen LogP contribution in [0.3, 0.4) is 0 Å². The maximum atomic E-state index is 12.5. The molecule has 0 aliphatic heterocycles. The van der Waals surface area contributed by atoms with E-state index in [1.807, 2.05) is 12.1 Å². The van der Waals surface area contributed by atoms with Gasteiger partial charge in [0.2, 0.25) is 5.91 Å². The molecule has 61 heavy (non-hydrogen) atoms. The Morgan fingerprint density at radius 2 is 1.07 bits per heavy atom. The van der Waals surface area contributed by atoms with E-state index in [9.17, 15) is 49.6 Å². The molecule has 0 heterocycles. The highest BCUT2D eigenvalue weighted by Crippen LogP contribution is 2.29. The van der Waals surface area contributed by atoms with Crippen LogP contribution in [-0.4, -0.2) is 73.1 Å². The van der Waals surface area contributed by atoms with Gasteiger partial charge in [0.05, 0.1) is 43.2 Å². The number of carboxylic acid groups (broad SMARTS) is 1. The van der Waals surface area contributed by atoms with Crippen LogP contribution in [0.1, 0.15) is 56.8 Å². The summed E-state index contributed by atoms with van der Waals surface area (Å²) in [6.07, 6.45) is -2.20. The lowest BCUT2D eigenvalue weighted by molar-refractivity contribution is -0.385. The molecule has 0 bridgehead atoms. The summed E-state index contributed by atoms with van der Waals surface area (Å²) in [7, 11) is 0. The topological polar surface area (TPSA) is 372 Å². The molecule has 0 fully saturated rings. The monoisotopic (exact) mass is 882 g/mol. The zero-order valence-electron chi connectivity index (χ0n) is 32.7. The van der Waals surface area contributed by atoms with Gasteiger partial charge in [0.15, 0.2) is 6.04 Å².